The van der Waals surface area contributed by atoms with Crippen molar-refractivity contribution in [1.29, 1.82) is 0 Å². The highest BCUT2D eigenvalue weighted by atomic mass is 16.2. The van der Waals surface area contributed by atoms with Crippen LogP contribution in [0.1, 0.15) is 28.8 Å². The summed E-state index contributed by atoms with van der Waals surface area (Å²) in [6.45, 7) is 1.66. The minimum atomic E-state index is -0.477. The fraction of sp³-hybridized carbons (Fsp3) is 0.300. The quantitative estimate of drug-likeness (QED) is 0.737. The van der Waals surface area contributed by atoms with Crippen molar-refractivity contribution in [1.82, 2.24) is 4.90 Å². The van der Waals surface area contributed by atoms with E-state index in [0.29, 0.717) is 24.2 Å². The van der Waals surface area contributed by atoms with Crippen LogP contribution in [0.15, 0.2) is 54.6 Å². The number of carbonyl (C=O) groups excluding carboxylic acids is 2. The highest BCUT2D eigenvalue weighted by Gasteiger charge is 2.06. The molecule has 2 aromatic carbocycles. The van der Waals surface area contributed by atoms with Crippen LogP contribution in [0.25, 0.3) is 0 Å². The third kappa shape index (κ3) is 6.77. The van der Waals surface area contributed by atoms with E-state index in [0.717, 1.165) is 19.4 Å². The summed E-state index contributed by atoms with van der Waals surface area (Å²) in [6, 6.07) is 17.0. The Balaban J connectivity index is 1.66. The van der Waals surface area contributed by atoms with Crippen LogP contribution in [0.4, 0.5) is 5.69 Å². The molecule has 0 aliphatic rings. The van der Waals surface area contributed by atoms with E-state index in [9.17, 15) is 9.59 Å². The van der Waals surface area contributed by atoms with Gasteiger partial charge in [-0.15, -0.1) is 0 Å². The summed E-state index contributed by atoms with van der Waals surface area (Å²) in [5.41, 5.74) is 7.63. The van der Waals surface area contributed by atoms with E-state index in [1.54, 1.807) is 24.3 Å². The Morgan fingerprint density at radius 1 is 1.00 bits per heavy atom. The van der Waals surface area contributed by atoms with Crippen LogP contribution in [0.3, 0.4) is 0 Å². The van der Waals surface area contributed by atoms with Crippen molar-refractivity contribution < 1.29 is 9.59 Å². The maximum atomic E-state index is 12.0. The molecule has 0 unspecified atom stereocenters. The molecule has 5 nitrogen and oxygen atoms in total. The average molecular weight is 339 g/mol. The summed E-state index contributed by atoms with van der Waals surface area (Å²) in [5, 5.41) is 2.83. The van der Waals surface area contributed by atoms with Crippen LogP contribution >= 0.6 is 0 Å². The van der Waals surface area contributed by atoms with Crippen LogP contribution in [0.5, 0.6) is 0 Å². The number of amides is 2. The molecule has 0 aliphatic heterocycles. The van der Waals surface area contributed by atoms with Gasteiger partial charge in [-0.2, -0.15) is 0 Å². The number of nitrogens with zero attached hydrogens (tertiary/aromatic N) is 1. The van der Waals surface area contributed by atoms with Gasteiger partial charge in [0.1, 0.15) is 0 Å². The van der Waals surface area contributed by atoms with Gasteiger partial charge in [0.25, 0.3) is 0 Å². The molecule has 0 aromatic heterocycles. The lowest BCUT2D eigenvalue weighted by atomic mass is 10.1. The van der Waals surface area contributed by atoms with E-state index in [4.69, 9.17) is 5.73 Å². The van der Waals surface area contributed by atoms with Gasteiger partial charge in [0.05, 0.1) is 0 Å². The van der Waals surface area contributed by atoms with Crippen molar-refractivity contribution in [3.8, 4) is 0 Å². The molecular weight excluding hydrogens is 314 g/mol. The zero-order valence-corrected chi connectivity index (χ0v) is 14.6. The standard InChI is InChI=1S/C20H25N3O2/c1-23(14-5-8-16-6-3-2-4-7-16)15-13-19(24)22-18-11-9-17(10-12-18)20(21)25/h2-4,6-7,9-12H,5,8,13-15H2,1H3,(H2,21,25)(H,22,24). The zero-order chi connectivity index (χ0) is 18.1. The van der Waals surface area contributed by atoms with Gasteiger partial charge in [-0.05, 0) is 56.3 Å². The normalized spacial score (nSPS) is 10.6. The Morgan fingerprint density at radius 3 is 2.32 bits per heavy atom. The van der Waals surface area contributed by atoms with Gasteiger partial charge < -0.3 is 16.0 Å². The van der Waals surface area contributed by atoms with Gasteiger partial charge in [0, 0.05) is 24.2 Å². The molecule has 0 atom stereocenters. The van der Waals surface area contributed by atoms with E-state index in [2.05, 4.69) is 34.5 Å². The smallest absolute Gasteiger partial charge is 0.248 e. The van der Waals surface area contributed by atoms with Gasteiger partial charge in [-0.25, -0.2) is 0 Å². The highest BCUT2D eigenvalue weighted by molar-refractivity contribution is 5.94. The first-order chi connectivity index (χ1) is 12.0. The van der Waals surface area contributed by atoms with Crippen LogP contribution in [0, 0.1) is 0 Å². The van der Waals surface area contributed by atoms with Gasteiger partial charge in [-0.3, -0.25) is 9.59 Å². The predicted molar refractivity (Wildman–Crippen MR) is 100 cm³/mol. The van der Waals surface area contributed by atoms with Crippen LogP contribution in [0.2, 0.25) is 0 Å². The summed E-state index contributed by atoms with van der Waals surface area (Å²) in [4.78, 5) is 25.2. The summed E-state index contributed by atoms with van der Waals surface area (Å²) < 4.78 is 0. The molecule has 0 spiro atoms. The minimum Gasteiger partial charge on any atom is -0.366 e. The van der Waals surface area contributed by atoms with Crippen LogP contribution in [-0.2, 0) is 11.2 Å². The molecule has 2 aromatic rings. The molecule has 3 N–H and O–H groups in total. The Morgan fingerprint density at radius 2 is 1.68 bits per heavy atom. The number of rotatable bonds is 9. The SMILES string of the molecule is CN(CCCc1ccccc1)CCC(=O)Nc1ccc(C(N)=O)cc1. The lowest BCUT2D eigenvalue weighted by Crippen LogP contribution is -2.25. The molecule has 0 radical (unpaired) electrons. The number of hydrogen-bond acceptors (Lipinski definition) is 3. The number of primary amides is 1. The summed E-state index contributed by atoms with van der Waals surface area (Å²) in [6.07, 6.45) is 2.54. The second-order valence-corrected chi connectivity index (χ2v) is 6.13. The molecular formula is C20H25N3O2. The van der Waals surface area contributed by atoms with E-state index < -0.39 is 5.91 Å². The zero-order valence-electron chi connectivity index (χ0n) is 14.6. The monoisotopic (exact) mass is 339 g/mol. The molecule has 0 bridgehead atoms. The number of anilines is 1. The van der Waals surface area contributed by atoms with Gasteiger partial charge in [0.15, 0.2) is 0 Å². The van der Waals surface area contributed by atoms with Crippen molar-refractivity contribution in [2.45, 2.75) is 19.3 Å². The van der Waals surface area contributed by atoms with Crippen LogP contribution < -0.4 is 11.1 Å². The summed E-state index contributed by atoms with van der Waals surface area (Å²) >= 11 is 0. The van der Waals surface area contributed by atoms with Crippen molar-refractivity contribution in [2.75, 3.05) is 25.5 Å². The third-order valence-electron chi connectivity index (χ3n) is 4.02. The van der Waals surface area contributed by atoms with Crippen molar-refractivity contribution >= 4 is 17.5 Å². The Bertz CT molecular complexity index is 684. The van der Waals surface area contributed by atoms with Crippen molar-refractivity contribution in [2.24, 2.45) is 5.73 Å². The molecule has 0 fully saturated rings. The number of nitrogens with two attached hydrogens (primary N) is 1. The maximum Gasteiger partial charge on any atom is 0.248 e. The minimum absolute atomic E-state index is 0.0401. The topological polar surface area (TPSA) is 75.4 Å². The first-order valence-electron chi connectivity index (χ1n) is 8.47. The largest absolute Gasteiger partial charge is 0.366 e. The molecule has 0 heterocycles. The number of hydrogen-bond donors (Lipinski definition) is 2. The second-order valence-electron chi connectivity index (χ2n) is 6.13. The number of benzene rings is 2. The van der Waals surface area contributed by atoms with Crippen molar-refractivity contribution in [3.05, 3.63) is 65.7 Å². The average Bonchev–Trinajstić information content (AvgIpc) is 2.61. The maximum absolute atomic E-state index is 12.0. The molecule has 25 heavy (non-hydrogen) atoms. The molecule has 0 aliphatic carbocycles. The van der Waals surface area contributed by atoms with Crippen LogP contribution in [-0.4, -0.2) is 36.9 Å². The molecule has 0 saturated carbocycles. The first kappa shape index (κ1) is 18.7. The second kappa shape index (κ2) is 9.59. The van der Waals surface area contributed by atoms with Crippen molar-refractivity contribution in [3.63, 3.8) is 0 Å². The Labute approximate surface area is 148 Å². The molecule has 2 rings (SSSR count). The van der Waals surface area contributed by atoms with E-state index in [1.807, 2.05) is 13.1 Å². The fourth-order valence-corrected chi connectivity index (χ4v) is 2.54. The molecule has 132 valence electrons. The highest BCUT2D eigenvalue weighted by Crippen LogP contribution is 2.10. The first-order valence-corrected chi connectivity index (χ1v) is 8.47. The summed E-state index contributed by atoms with van der Waals surface area (Å²) in [5.74, 6) is -0.517. The van der Waals surface area contributed by atoms with E-state index in [-0.39, 0.29) is 5.91 Å². The summed E-state index contributed by atoms with van der Waals surface area (Å²) in [7, 11) is 2.03. The molecule has 0 saturated heterocycles. The van der Waals surface area contributed by atoms with Gasteiger partial charge in [0.2, 0.25) is 11.8 Å². The number of carbonyl (C=O) groups is 2. The fourth-order valence-electron chi connectivity index (χ4n) is 2.54. The Kier molecular flexibility index (Phi) is 7.16. The molecule has 2 amide bonds. The lowest BCUT2D eigenvalue weighted by Gasteiger charge is -2.16. The number of nitrogens with one attached hydrogen (secondary N) is 1. The van der Waals surface area contributed by atoms with E-state index in [1.165, 1.54) is 5.56 Å². The third-order valence-corrected chi connectivity index (χ3v) is 4.02. The van der Waals surface area contributed by atoms with Gasteiger partial charge >= 0.3 is 0 Å². The Hall–Kier alpha value is -2.66. The lowest BCUT2D eigenvalue weighted by molar-refractivity contribution is -0.116. The van der Waals surface area contributed by atoms with E-state index >= 15 is 0 Å². The van der Waals surface area contributed by atoms with Gasteiger partial charge in [-0.1, -0.05) is 30.3 Å². The number of aryl methyl sites for hydroxylation is 1. The molecule has 5 heteroatoms. The predicted octanol–water partition coefficient (Wildman–Crippen LogP) is 2.68.